The molecule has 1 spiro atoms. The monoisotopic (exact) mass is 541 g/mol. The van der Waals surface area contributed by atoms with Crippen LogP contribution in [0.4, 0.5) is 4.79 Å². The third-order valence-electron chi connectivity index (χ3n) is 6.08. The van der Waals surface area contributed by atoms with Gasteiger partial charge in [0.1, 0.15) is 6.10 Å². The number of nitrogens with one attached hydrogen (secondary N) is 1. The van der Waals surface area contributed by atoms with Gasteiger partial charge >= 0.3 is 18.0 Å². The maximum atomic E-state index is 12.6. The standard InChI is InChI=1S/C26H23NO12/c28-15-5-1-13(9-17(15)30)3-7-21(33)37-20-12-26(24(35)27-25(36)39-26)11-19(32)23(20)38-22(34)8-4-14-2-6-16(29)18(31)10-14/h1-10,19-20,23,28-32H,11-12H2,(H,27,35,36). The molecule has 1 saturated carbocycles. The van der Waals surface area contributed by atoms with Crippen LogP contribution >= 0.6 is 0 Å². The highest BCUT2D eigenvalue weighted by atomic mass is 16.6. The van der Waals surface area contributed by atoms with Gasteiger partial charge in [-0.3, -0.25) is 10.1 Å². The van der Waals surface area contributed by atoms with Gasteiger partial charge in [0.05, 0.1) is 6.10 Å². The Balaban J connectivity index is 1.51. The lowest BCUT2D eigenvalue weighted by Crippen LogP contribution is -2.58. The van der Waals surface area contributed by atoms with E-state index in [0.717, 1.165) is 12.2 Å². The Morgan fingerprint density at radius 2 is 1.38 bits per heavy atom. The van der Waals surface area contributed by atoms with Crippen molar-refractivity contribution in [3.05, 3.63) is 59.7 Å². The molecule has 2 amide bonds. The molecule has 2 fully saturated rings. The maximum Gasteiger partial charge on any atom is 0.415 e. The van der Waals surface area contributed by atoms with E-state index in [1.54, 1.807) is 0 Å². The van der Waals surface area contributed by atoms with Gasteiger partial charge in [-0.2, -0.15) is 0 Å². The van der Waals surface area contributed by atoms with Gasteiger partial charge in [-0.25, -0.2) is 14.4 Å². The lowest BCUT2D eigenvalue weighted by atomic mass is 9.79. The Morgan fingerprint density at radius 1 is 0.846 bits per heavy atom. The highest BCUT2D eigenvalue weighted by molar-refractivity contribution is 6.03. The first kappa shape index (κ1) is 27.0. The highest BCUT2D eigenvalue weighted by Gasteiger charge is 2.58. The van der Waals surface area contributed by atoms with Crippen molar-refractivity contribution in [3.63, 3.8) is 0 Å². The Hall–Kier alpha value is -5.04. The quantitative estimate of drug-likeness (QED) is 0.132. The van der Waals surface area contributed by atoms with Crippen molar-refractivity contribution in [1.29, 1.82) is 0 Å². The van der Waals surface area contributed by atoms with Gasteiger partial charge in [0.15, 0.2) is 34.7 Å². The number of aromatic hydroxyl groups is 4. The van der Waals surface area contributed by atoms with Crippen molar-refractivity contribution in [2.45, 2.75) is 36.8 Å². The van der Waals surface area contributed by atoms with Crippen molar-refractivity contribution in [2.24, 2.45) is 0 Å². The third-order valence-corrected chi connectivity index (χ3v) is 6.08. The van der Waals surface area contributed by atoms with Gasteiger partial charge in [-0.15, -0.1) is 0 Å². The fraction of sp³-hybridized carbons (Fsp3) is 0.231. The van der Waals surface area contributed by atoms with Crippen LogP contribution in [0, 0.1) is 0 Å². The van der Waals surface area contributed by atoms with Crippen LogP contribution in [-0.4, -0.2) is 73.4 Å². The number of aliphatic hydroxyl groups excluding tert-OH is 1. The van der Waals surface area contributed by atoms with E-state index < -0.39 is 72.2 Å². The van der Waals surface area contributed by atoms with Gasteiger partial charge in [0.25, 0.3) is 5.91 Å². The molecule has 204 valence electrons. The first-order chi connectivity index (χ1) is 18.5. The number of alkyl carbamates (subject to hydrolysis) is 1. The van der Waals surface area contributed by atoms with Gasteiger partial charge in [-0.05, 0) is 47.5 Å². The van der Waals surface area contributed by atoms with Gasteiger partial charge in [0, 0.05) is 25.0 Å². The molecule has 4 unspecified atom stereocenters. The number of benzene rings is 2. The number of amides is 2. The molecule has 6 N–H and O–H groups in total. The second-order valence-corrected chi connectivity index (χ2v) is 8.85. The van der Waals surface area contributed by atoms with Crippen LogP contribution in [0.3, 0.4) is 0 Å². The molecule has 2 aliphatic rings. The van der Waals surface area contributed by atoms with Crippen molar-refractivity contribution in [1.82, 2.24) is 5.32 Å². The summed E-state index contributed by atoms with van der Waals surface area (Å²) < 4.78 is 15.8. The van der Waals surface area contributed by atoms with Gasteiger partial charge in [-0.1, -0.05) is 12.1 Å². The summed E-state index contributed by atoms with van der Waals surface area (Å²) >= 11 is 0. The smallest absolute Gasteiger partial charge is 0.415 e. The van der Waals surface area contributed by atoms with Crippen LogP contribution in [0.1, 0.15) is 24.0 Å². The second kappa shape index (κ2) is 10.8. The highest BCUT2D eigenvalue weighted by Crippen LogP contribution is 2.38. The molecular weight excluding hydrogens is 518 g/mol. The average molecular weight is 541 g/mol. The van der Waals surface area contributed by atoms with Crippen LogP contribution in [0.5, 0.6) is 23.0 Å². The predicted octanol–water partition coefficient (Wildman–Crippen LogP) is 1.22. The van der Waals surface area contributed by atoms with Crippen LogP contribution in [0.15, 0.2) is 48.6 Å². The summed E-state index contributed by atoms with van der Waals surface area (Å²) in [6.07, 6.45) is -1.90. The summed E-state index contributed by atoms with van der Waals surface area (Å²) in [7, 11) is 0. The number of ether oxygens (including phenoxy) is 3. The normalized spacial score (nSPS) is 24.6. The maximum absolute atomic E-state index is 12.6. The van der Waals surface area contributed by atoms with Crippen molar-refractivity contribution in [3.8, 4) is 23.0 Å². The molecule has 39 heavy (non-hydrogen) atoms. The number of aliphatic hydroxyl groups is 1. The zero-order valence-corrected chi connectivity index (χ0v) is 20.0. The Kier molecular flexibility index (Phi) is 7.44. The number of phenolic OH excluding ortho intramolecular Hbond substituents is 4. The number of rotatable bonds is 6. The Morgan fingerprint density at radius 3 is 1.87 bits per heavy atom. The largest absolute Gasteiger partial charge is 0.504 e. The SMILES string of the molecule is O=C(C=Cc1ccc(O)c(O)c1)OC1CC2(CC(O)C1OC(=O)C=Cc1ccc(O)c(O)c1)OC(=O)NC2=O. The van der Waals surface area contributed by atoms with Crippen LogP contribution < -0.4 is 5.32 Å². The number of esters is 2. The van der Waals surface area contributed by atoms with E-state index in [1.807, 2.05) is 5.32 Å². The minimum absolute atomic E-state index is 0.333. The minimum atomic E-state index is -1.85. The molecule has 1 heterocycles. The topological polar surface area (TPSA) is 209 Å². The molecule has 1 aliphatic heterocycles. The van der Waals surface area contributed by atoms with E-state index in [1.165, 1.54) is 48.6 Å². The number of hydrogen-bond donors (Lipinski definition) is 6. The van der Waals surface area contributed by atoms with Gasteiger partial charge < -0.3 is 39.7 Å². The summed E-state index contributed by atoms with van der Waals surface area (Å²) in [6, 6.07) is 7.61. The average Bonchev–Trinajstić information content (AvgIpc) is 3.14. The third kappa shape index (κ3) is 6.10. The van der Waals surface area contributed by atoms with E-state index in [4.69, 9.17) is 14.2 Å². The molecule has 0 aromatic heterocycles. The lowest BCUT2D eigenvalue weighted by molar-refractivity contribution is -0.194. The molecule has 1 aliphatic carbocycles. The molecule has 2 aromatic rings. The molecule has 13 heteroatoms. The number of carbonyl (C=O) groups excluding carboxylic acids is 4. The summed E-state index contributed by atoms with van der Waals surface area (Å²) in [4.78, 5) is 49.2. The van der Waals surface area contributed by atoms with Gasteiger partial charge in [0.2, 0.25) is 0 Å². The molecule has 0 bridgehead atoms. The molecule has 4 rings (SSSR count). The molecule has 4 atom stereocenters. The molecule has 1 saturated heterocycles. The summed E-state index contributed by atoms with van der Waals surface area (Å²) in [5.41, 5.74) is -1.18. The molecule has 0 radical (unpaired) electrons. The van der Waals surface area contributed by atoms with Crippen LogP contribution in [0.25, 0.3) is 12.2 Å². The van der Waals surface area contributed by atoms with E-state index in [-0.39, 0.29) is 11.5 Å². The van der Waals surface area contributed by atoms with E-state index >= 15 is 0 Å². The van der Waals surface area contributed by atoms with Crippen molar-refractivity contribution < 1.29 is 58.9 Å². The number of carbonyl (C=O) groups is 4. The molecule has 2 aromatic carbocycles. The summed E-state index contributed by atoms with van der Waals surface area (Å²) in [5, 5.41) is 50.7. The van der Waals surface area contributed by atoms with E-state index in [2.05, 4.69) is 0 Å². The van der Waals surface area contributed by atoms with Crippen molar-refractivity contribution in [2.75, 3.05) is 0 Å². The van der Waals surface area contributed by atoms with E-state index in [0.29, 0.717) is 11.1 Å². The fourth-order valence-electron chi connectivity index (χ4n) is 4.19. The lowest BCUT2D eigenvalue weighted by Gasteiger charge is -2.40. The first-order valence-electron chi connectivity index (χ1n) is 11.5. The minimum Gasteiger partial charge on any atom is -0.504 e. The van der Waals surface area contributed by atoms with Crippen molar-refractivity contribution >= 4 is 36.1 Å². The number of phenols is 4. The fourth-order valence-corrected chi connectivity index (χ4v) is 4.19. The molecule has 13 nitrogen and oxygen atoms in total. The first-order valence-corrected chi connectivity index (χ1v) is 11.5. The zero-order chi connectivity index (χ0) is 28.3. The second-order valence-electron chi connectivity index (χ2n) is 8.85. The number of hydrogen-bond acceptors (Lipinski definition) is 12. The van der Waals surface area contributed by atoms with Crippen LogP contribution in [-0.2, 0) is 28.6 Å². The Labute approximate surface area is 220 Å². The number of imide groups is 1. The Bertz CT molecular complexity index is 1380. The predicted molar refractivity (Wildman–Crippen MR) is 130 cm³/mol. The van der Waals surface area contributed by atoms with E-state index in [9.17, 15) is 44.7 Å². The molecular formula is C26H23NO12. The van der Waals surface area contributed by atoms with Crippen LogP contribution in [0.2, 0.25) is 0 Å². The zero-order valence-electron chi connectivity index (χ0n) is 20.0. The summed E-state index contributed by atoms with van der Waals surface area (Å²) in [5.74, 6) is -4.33. The summed E-state index contributed by atoms with van der Waals surface area (Å²) in [6.45, 7) is 0.